The van der Waals surface area contributed by atoms with Crippen molar-refractivity contribution in [3.63, 3.8) is 0 Å². The fourth-order valence-corrected chi connectivity index (χ4v) is 3.32. The molecule has 1 saturated heterocycles. The molecule has 3 aromatic rings. The van der Waals surface area contributed by atoms with Gasteiger partial charge in [0.1, 0.15) is 5.82 Å². The van der Waals surface area contributed by atoms with Gasteiger partial charge in [-0.1, -0.05) is 13.3 Å². The van der Waals surface area contributed by atoms with Crippen LogP contribution in [0.3, 0.4) is 0 Å². The number of nitrogens with zero attached hydrogens (tertiary/aromatic N) is 5. The lowest BCUT2D eigenvalue weighted by atomic mass is 10.2. The average molecular weight is 434 g/mol. The largest absolute Gasteiger partial charge is 0.378 e. The number of ether oxygens (including phenoxy) is 1. The number of aryl methyl sites for hydroxylation is 1. The van der Waals surface area contributed by atoms with Gasteiger partial charge in [0.2, 0.25) is 5.95 Å². The van der Waals surface area contributed by atoms with Gasteiger partial charge >= 0.3 is 6.03 Å². The van der Waals surface area contributed by atoms with Gasteiger partial charge in [-0.15, -0.1) is 0 Å². The number of carbonyl (C=O) groups excluding carboxylic acids is 1. The Kier molecular flexibility index (Phi) is 7.19. The van der Waals surface area contributed by atoms with Crippen molar-refractivity contribution in [2.75, 3.05) is 41.8 Å². The summed E-state index contributed by atoms with van der Waals surface area (Å²) < 4.78 is 5.46. The molecule has 0 aliphatic carbocycles. The monoisotopic (exact) mass is 433 g/mol. The molecule has 0 radical (unpaired) electrons. The normalized spacial score (nSPS) is 13.6. The summed E-state index contributed by atoms with van der Waals surface area (Å²) >= 11 is 0. The Morgan fingerprint density at radius 2 is 1.66 bits per heavy atom. The first-order valence-corrected chi connectivity index (χ1v) is 10.9. The van der Waals surface area contributed by atoms with Crippen LogP contribution in [0.25, 0.3) is 11.4 Å². The number of aromatic nitrogens is 4. The predicted molar refractivity (Wildman–Crippen MR) is 124 cm³/mol. The third kappa shape index (κ3) is 5.76. The number of nitrogens with one attached hydrogen (secondary N) is 2. The molecule has 2 N–H and O–H groups in total. The van der Waals surface area contributed by atoms with Crippen molar-refractivity contribution in [2.45, 2.75) is 26.2 Å². The molecule has 1 aliphatic rings. The van der Waals surface area contributed by atoms with E-state index < -0.39 is 0 Å². The number of amides is 2. The zero-order chi connectivity index (χ0) is 22.2. The Morgan fingerprint density at radius 3 is 2.34 bits per heavy atom. The van der Waals surface area contributed by atoms with E-state index in [2.05, 4.69) is 27.4 Å². The van der Waals surface area contributed by atoms with Gasteiger partial charge in [0, 0.05) is 48.8 Å². The molecular formula is C23H27N7O2. The Bertz CT molecular complexity index is 1020. The SMILES string of the molecule is CCCCc1nc(-c2ccc(NC(=O)Nc3ccncc3)cc2)nc(N2CCOCC2)n1. The van der Waals surface area contributed by atoms with Crippen molar-refractivity contribution in [2.24, 2.45) is 0 Å². The number of rotatable bonds is 7. The summed E-state index contributed by atoms with van der Waals surface area (Å²) in [6.07, 6.45) is 6.17. The molecule has 2 aromatic heterocycles. The number of unbranched alkanes of at least 4 members (excludes halogenated alkanes) is 1. The van der Waals surface area contributed by atoms with Gasteiger partial charge in [-0.05, 0) is 42.8 Å². The van der Waals surface area contributed by atoms with Crippen molar-refractivity contribution >= 4 is 23.4 Å². The first-order chi connectivity index (χ1) is 15.7. The second-order valence-corrected chi connectivity index (χ2v) is 7.47. The second kappa shape index (κ2) is 10.6. The summed E-state index contributed by atoms with van der Waals surface area (Å²) in [5.74, 6) is 2.14. The van der Waals surface area contributed by atoms with Crippen molar-refractivity contribution < 1.29 is 9.53 Å². The number of benzene rings is 1. The fraction of sp³-hybridized carbons (Fsp3) is 0.348. The molecule has 1 fully saturated rings. The van der Waals surface area contributed by atoms with Gasteiger partial charge in [-0.3, -0.25) is 4.98 Å². The van der Waals surface area contributed by atoms with E-state index >= 15 is 0 Å². The first-order valence-electron chi connectivity index (χ1n) is 10.9. The quantitative estimate of drug-likeness (QED) is 0.584. The van der Waals surface area contributed by atoms with Crippen LogP contribution in [0.15, 0.2) is 48.8 Å². The van der Waals surface area contributed by atoms with E-state index in [-0.39, 0.29) is 6.03 Å². The highest BCUT2D eigenvalue weighted by molar-refractivity contribution is 5.99. The third-order valence-corrected chi connectivity index (χ3v) is 5.06. The van der Waals surface area contributed by atoms with Crippen LogP contribution in [0.2, 0.25) is 0 Å². The number of hydrogen-bond acceptors (Lipinski definition) is 7. The van der Waals surface area contributed by atoms with E-state index in [9.17, 15) is 4.79 Å². The highest BCUT2D eigenvalue weighted by Gasteiger charge is 2.17. The van der Waals surface area contributed by atoms with Gasteiger partial charge in [0.05, 0.1) is 13.2 Å². The van der Waals surface area contributed by atoms with Gasteiger partial charge in [-0.25, -0.2) is 9.78 Å². The van der Waals surface area contributed by atoms with Crippen LogP contribution in [-0.2, 0) is 11.2 Å². The predicted octanol–water partition coefficient (Wildman–Crippen LogP) is 3.76. The summed E-state index contributed by atoms with van der Waals surface area (Å²) in [6, 6.07) is 10.6. The first kappa shape index (κ1) is 21.6. The van der Waals surface area contributed by atoms with Crippen LogP contribution in [0.4, 0.5) is 22.1 Å². The smallest absolute Gasteiger partial charge is 0.323 e. The van der Waals surface area contributed by atoms with Gasteiger partial charge in [-0.2, -0.15) is 9.97 Å². The van der Waals surface area contributed by atoms with E-state index in [1.54, 1.807) is 24.5 Å². The van der Waals surface area contributed by atoms with Crippen LogP contribution in [0.1, 0.15) is 25.6 Å². The van der Waals surface area contributed by atoms with Crippen molar-refractivity contribution in [1.29, 1.82) is 0 Å². The zero-order valence-electron chi connectivity index (χ0n) is 18.1. The standard InChI is InChI=1S/C23H27N7O2/c1-2-3-4-20-27-21(29-22(28-20)30-13-15-32-16-14-30)17-5-7-18(8-6-17)25-23(31)26-19-9-11-24-12-10-19/h5-12H,2-4,13-16H2,1H3,(H2,24,25,26,31). The molecule has 166 valence electrons. The number of anilines is 3. The average Bonchev–Trinajstić information content (AvgIpc) is 2.84. The Labute approximate surface area is 187 Å². The van der Waals surface area contributed by atoms with Crippen LogP contribution in [0, 0.1) is 0 Å². The van der Waals surface area contributed by atoms with Gasteiger partial charge in [0.15, 0.2) is 5.82 Å². The number of carbonyl (C=O) groups is 1. The molecule has 2 amide bonds. The maximum absolute atomic E-state index is 12.2. The molecule has 4 rings (SSSR count). The minimum absolute atomic E-state index is 0.319. The fourth-order valence-electron chi connectivity index (χ4n) is 3.32. The number of urea groups is 1. The highest BCUT2D eigenvalue weighted by Crippen LogP contribution is 2.21. The maximum atomic E-state index is 12.2. The molecule has 0 spiro atoms. The molecule has 9 heteroatoms. The van der Waals surface area contributed by atoms with Crippen LogP contribution < -0.4 is 15.5 Å². The minimum Gasteiger partial charge on any atom is -0.378 e. The van der Waals surface area contributed by atoms with E-state index in [0.29, 0.717) is 36.4 Å². The zero-order valence-corrected chi connectivity index (χ0v) is 18.1. The Balaban J connectivity index is 1.50. The van der Waals surface area contributed by atoms with Crippen LogP contribution in [0.5, 0.6) is 0 Å². The summed E-state index contributed by atoms with van der Waals surface area (Å²) in [5, 5.41) is 5.59. The van der Waals surface area contributed by atoms with Crippen molar-refractivity contribution in [3.8, 4) is 11.4 Å². The molecule has 0 atom stereocenters. The van der Waals surface area contributed by atoms with E-state index in [1.807, 2.05) is 24.3 Å². The molecule has 0 saturated carbocycles. The molecule has 0 bridgehead atoms. The third-order valence-electron chi connectivity index (χ3n) is 5.06. The van der Waals surface area contributed by atoms with Gasteiger partial charge in [0.25, 0.3) is 0 Å². The molecule has 0 unspecified atom stereocenters. The molecule has 1 aromatic carbocycles. The van der Waals surface area contributed by atoms with Crippen LogP contribution >= 0.6 is 0 Å². The Morgan fingerprint density at radius 1 is 0.969 bits per heavy atom. The molecule has 9 nitrogen and oxygen atoms in total. The molecule has 3 heterocycles. The number of pyridine rings is 1. The minimum atomic E-state index is -0.319. The lowest BCUT2D eigenvalue weighted by Gasteiger charge is -2.27. The summed E-state index contributed by atoms with van der Waals surface area (Å²) in [6.45, 7) is 5.04. The van der Waals surface area contributed by atoms with Crippen molar-refractivity contribution in [3.05, 3.63) is 54.6 Å². The number of hydrogen-bond donors (Lipinski definition) is 2. The van der Waals surface area contributed by atoms with E-state index in [4.69, 9.17) is 19.7 Å². The lowest BCUT2D eigenvalue weighted by molar-refractivity contribution is 0.122. The Hall–Kier alpha value is -3.59. The van der Waals surface area contributed by atoms with Crippen molar-refractivity contribution in [1.82, 2.24) is 19.9 Å². The topological polar surface area (TPSA) is 105 Å². The van der Waals surface area contributed by atoms with E-state index in [0.717, 1.165) is 43.7 Å². The maximum Gasteiger partial charge on any atom is 0.323 e. The highest BCUT2D eigenvalue weighted by atomic mass is 16.5. The van der Waals surface area contributed by atoms with Gasteiger partial charge < -0.3 is 20.3 Å². The molecule has 32 heavy (non-hydrogen) atoms. The number of morpholine rings is 1. The lowest BCUT2D eigenvalue weighted by Crippen LogP contribution is -2.37. The summed E-state index contributed by atoms with van der Waals surface area (Å²) in [5.41, 5.74) is 2.23. The molecular weight excluding hydrogens is 406 g/mol. The second-order valence-electron chi connectivity index (χ2n) is 7.47. The van der Waals surface area contributed by atoms with Crippen LogP contribution in [-0.4, -0.2) is 52.3 Å². The summed E-state index contributed by atoms with van der Waals surface area (Å²) in [7, 11) is 0. The van der Waals surface area contributed by atoms with E-state index in [1.165, 1.54) is 0 Å². The summed E-state index contributed by atoms with van der Waals surface area (Å²) in [4.78, 5) is 32.4. The molecule has 1 aliphatic heterocycles.